The number of hydrogen-bond acceptors (Lipinski definition) is 4. The highest BCUT2D eigenvalue weighted by atomic mass is 16.6. The highest BCUT2D eigenvalue weighted by molar-refractivity contribution is 4.14. The zero-order chi connectivity index (χ0) is 6.41. The summed E-state index contributed by atoms with van der Waals surface area (Å²) in [5.41, 5.74) is 2.69. The van der Waals surface area contributed by atoms with Crippen LogP contribution in [0.25, 0.3) is 0 Å². The van der Waals surface area contributed by atoms with E-state index in [1.165, 1.54) is 12.2 Å². The van der Waals surface area contributed by atoms with Gasteiger partial charge in [0.25, 0.3) is 0 Å². The standard InChI is InChI=1S/C3H10N4O/c1-4-7(2)5-6-8-3/h4H,1-3H3/b6-5-. The minimum Gasteiger partial charge on any atom is -0.381 e. The van der Waals surface area contributed by atoms with Crippen molar-refractivity contribution >= 4 is 0 Å². The van der Waals surface area contributed by atoms with E-state index in [4.69, 9.17) is 0 Å². The molecule has 0 bridgehead atoms. The molecule has 0 radical (unpaired) electrons. The van der Waals surface area contributed by atoms with E-state index >= 15 is 0 Å². The maximum Gasteiger partial charge on any atom is 0.108 e. The second-order valence-corrected chi connectivity index (χ2v) is 1.10. The first kappa shape index (κ1) is 7.16. The molecule has 0 unspecified atom stereocenters. The molecule has 48 valence electrons. The molecule has 0 aliphatic rings. The van der Waals surface area contributed by atoms with E-state index in [1.807, 2.05) is 0 Å². The van der Waals surface area contributed by atoms with Gasteiger partial charge in [-0.05, 0) is 5.22 Å². The molecule has 0 aromatic rings. The molecule has 0 rings (SSSR count). The largest absolute Gasteiger partial charge is 0.381 e. The highest BCUT2D eigenvalue weighted by Gasteiger charge is 1.79. The minimum absolute atomic E-state index is 1.42. The van der Waals surface area contributed by atoms with E-state index in [-0.39, 0.29) is 0 Å². The van der Waals surface area contributed by atoms with Crippen molar-refractivity contribution in [3.8, 4) is 0 Å². The number of nitrogens with one attached hydrogen (secondary N) is 1. The van der Waals surface area contributed by atoms with E-state index in [1.54, 1.807) is 14.1 Å². The van der Waals surface area contributed by atoms with Crippen LogP contribution in [0.15, 0.2) is 10.5 Å². The van der Waals surface area contributed by atoms with Gasteiger partial charge in [0.1, 0.15) is 7.11 Å². The molecule has 1 N–H and O–H groups in total. The predicted octanol–water partition coefficient (Wildman–Crippen LogP) is -0.0188. The quantitative estimate of drug-likeness (QED) is 0.418. The fraction of sp³-hybridized carbons (Fsp3) is 1.00. The Morgan fingerprint density at radius 3 is 2.62 bits per heavy atom. The Bertz CT molecular complexity index is 73.7. The summed E-state index contributed by atoms with van der Waals surface area (Å²) in [6.45, 7) is 0. The summed E-state index contributed by atoms with van der Waals surface area (Å²) in [6.07, 6.45) is 0. The normalized spacial score (nSPS) is 9.88. The predicted molar refractivity (Wildman–Crippen MR) is 28.7 cm³/mol. The summed E-state index contributed by atoms with van der Waals surface area (Å²) in [5.74, 6) is 0. The molecular formula is C3H10N4O. The van der Waals surface area contributed by atoms with Crippen molar-refractivity contribution in [2.24, 2.45) is 10.5 Å². The van der Waals surface area contributed by atoms with Gasteiger partial charge in [-0.15, -0.1) is 0 Å². The van der Waals surface area contributed by atoms with Crippen LogP contribution in [0.4, 0.5) is 0 Å². The average Bonchev–Trinajstić information content (AvgIpc) is 1.83. The highest BCUT2D eigenvalue weighted by Crippen LogP contribution is 1.76. The topological polar surface area (TPSA) is 49.2 Å². The van der Waals surface area contributed by atoms with Crippen molar-refractivity contribution in [2.75, 3.05) is 21.2 Å². The zero-order valence-corrected chi connectivity index (χ0v) is 5.25. The van der Waals surface area contributed by atoms with Gasteiger partial charge in [-0.2, -0.15) is 0 Å². The van der Waals surface area contributed by atoms with Gasteiger partial charge in [-0.1, -0.05) is 0 Å². The van der Waals surface area contributed by atoms with Gasteiger partial charge in [-0.25, -0.2) is 10.5 Å². The molecule has 5 heteroatoms. The van der Waals surface area contributed by atoms with Gasteiger partial charge < -0.3 is 4.84 Å². The third-order valence-corrected chi connectivity index (χ3v) is 0.576. The summed E-state index contributed by atoms with van der Waals surface area (Å²) in [4.78, 5) is 4.29. The lowest BCUT2D eigenvalue weighted by Gasteiger charge is -2.05. The molecule has 0 amide bonds. The van der Waals surface area contributed by atoms with Crippen LogP contribution < -0.4 is 5.43 Å². The fourth-order valence-corrected chi connectivity index (χ4v) is 0.136. The Labute approximate surface area is 48.2 Å². The van der Waals surface area contributed by atoms with Crippen LogP contribution in [0.3, 0.4) is 0 Å². The molecule has 0 saturated heterocycles. The first-order valence-electron chi connectivity index (χ1n) is 2.16. The number of rotatable bonds is 3. The molecule has 5 nitrogen and oxygen atoms in total. The van der Waals surface area contributed by atoms with Gasteiger partial charge in [0.2, 0.25) is 0 Å². The van der Waals surface area contributed by atoms with Crippen molar-refractivity contribution < 1.29 is 4.84 Å². The van der Waals surface area contributed by atoms with Crippen molar-refractivity contribution in [1.82, 2.24) is 10.5 Å². The Morgan fingerprint density at radius 2 is 2.25 bits per heavy atom. The van der Waals surface area contributed by atoms with Crippen LogP contribution in [0.2, 0.25) is 0 Å². The summed E-state index contributed by atoms with van der Waals surface area (Å²) >= 11 is 0. The first-order valence-corrected chi connectivity index (χ1v) is 2.16. The van der Waals surface area contributed by atoms with Crippen LogP contribution >= 0.6 is 0 Å². The first-order chi connectivity index (χ1) is 3.81. The molecule has 0 aromatic carbocycles. The third-order valence-electron chi connectivity index (χ3n) is 0.576. The fourth-order valence-electron chi connectivity index (χ4n) is 0.136. The Hall–Kier alpha value is -0.840. The Kier molecular flexibility index (Phi) is 3.87. The van der Waals surface area contributed by atoms with E-state index in [0.29, 0.717) is 0 Å². The van der Waals surface area contributed by atoms with E-state index < -0.39 is 0 Å². The SMILES string of the molecule is CNN(C)/N=N\OC. The Morgan fingerprint density at radius 1 is 1.62 bits per heavy atom. The van der Waals surface area contributed by atoms with Crippen LogP contribution in [0.1, 0.15) is 0 Å². The second kappa shape index (κ2) is 4.32. The van der Waals surface area contributed by atoms with Crippen LogP contribution in [0.5, 0.6) is 0 Å². The third kappa shape index (κ3) is 3.35. The lowest BCUT2D eigenvalue weighted by Crippen LogP contribution is -2.24. The lowest BCUT2D eigenvalue weighted by molar-refractivity contribution is 0.132. The molecule has 0 aliphatic carbocycles. The summed E-state index contributed by atoms with van der Waals surface area (Å²) in [5, 5.41) is 8.14. The molecule has 0 aliphatic heterocycles. The van der Waals surface area contributed by atoms with E-state index in [9.17, 15) is 0 Å². The van der Waals surface area contributed by atoms with Gasteiger partial charge in [0.05, 0.1) is 0 Å². The van der Waals surface area contributed by atoms with Crippen molar-refractivity contribution in [2.45, 2.75) is 0 Å². The summed E-state index contributed by atoms with van der Waals surface area (Å²) in [7, 11) is 4.88. The number of hydrazine groups is 1. The van der Waals surface area contributed by atoms with E-state index in [2.05, 4.69) is 20.8 Å². The van der Waals surface area contributed by atoms with Crippen LogP contribution in [0, 0.1) is 0 Å². The number of hydrogen-bond donors (Lipinski definition) is 1. The van der Waals surface area contributed by atoms with Crippen LogP contribution in [-0.2, 0) is 4.84 Å². The Balaban J connectivity index is 3.21. The molecule has 0 fully saturated rings. The molecular weight excluding hydrogens is 108 g/mol. The monoisotopic (exact) mass is 118 g/mol. The molecule has 0 atom stereocenters. The van der Waals surface area contributed by atoms with Gasteiger partial charge in [0.15, 0.2) is 0 Å². The lowest BCUT2D eigenvalue weighted by atomic mass is 11.3. The number of nitrogens with zero attached hydrogens (tertiary/aromatic N) is 3. The maximum atomic E-state index is 4.29. The van der Waals surface area contributed by atoms with Gasteiger partial charge in [0, 0.05) is 19.4 Å². The molecule has 0 heterocycles. The van der Waals surface area contributed by atoms with Crippen molar-refractivity contribution in [3.63, 3.8) is 0 Å². The minimum atomic E-state index is 1.42. The second-order valence-electron chi connectivity index (χ2n) is 1.10. The van der Waals surface area contributed by atoms with Crippen molar-refractivity contribution in [3.05, 3.63) is 0 Å². The molecule has 0 aromatic heterocycles. The smallest absolute Gasteiger partial charge is 0.108 e. The maximum absolute atomic E-state index is 4.29. The molecule has 8 heavy (non-hydrogen) atoms. The van der Waals surface area contributed by atoms with Crippen LogP contribution in [-0.4, -0.2) is 26.3 Å². The van der Waals surface area contributed by atoms with E-state index in [0.717, 1.165) is 0 Å². The average molecular weight is 118 g/mol. The van der Waals surface area contributed by atoms with Gasteiger partial charge >= 0.3 is 0 Å². The molecule has 0 saturated carbocycles. The zero-order valence-electron chi connectivity index (χ0n) is 5.25. The summed E-state index contributed by atoms with van der Waals surface area (Å²) < 4.78 is 0. The van der Waals surface area contributed by atoms with Crippen molar-refractivity contribution in [1.29, 1.82) is 0 Å². The summed E-state index contributed by atoms with van der Waals surface area (Å²) in [6, 6.07) is 0. The van der Waals surface area contributed by atoms with Gasteiger partial charge in [-0.3, -0.25) is 0 Å². The molecule has 0 spiro atoms.